The average Bonchev–Trinajstić information content (AvgIpc) is 2.65. The summed E-state index contributed by atoms with van der Waals surface area (Å²) >= 11 is 3.48. The number of nitrogens with one attached hydrogen (secondary N) is 1. The van der Waals surface area contributed by atoms with Crippen molar-refractivity contribution in [1.29, 1.82) is 0 Å². The van der Waals surface area contributed by atoms with Crippen LogP contribution in [0.25, 0.3) is 0 Å². The molecule has 1 aliphatic heterocycles. The SMILES string of the molecule is COCCC(C)(O)CNC1CCCOc2cc(Br)ccc21. The summed E-state index contributed by atoms with van der Waals surface area (Å²) in [5.41, 5.74) is 0.400. The van der Waals surface area contributed by atoms with E-state index in [9.17, 15) is 5.11 Å². The van der Waals surface area contributed by atoms with Gasteiger partial charge in [0.05, 0.1) is 12.2 Å². The summed E-state index contributed by atoms with van der Waals surface area (Å²) in [5, 5.41) is 13.8. The number of methoxy groups -OCH3 is 1. The fourth-order valence-electron chi connectivity index (χ4n) is 2.51. The van der Waals surface area contributed by atoms with Crippen molar-refractivity contribution in [2.24, 2.45) is 0 Å². The van der Waals surface area contributed by atoms with Gasteiger partial charge in [0, 0.05) is 42.8 Å². The molecule has 0 fully saturated rings. The molecule has 0 amide bonds. The van der Waals surface area contributed by atoms with Crippen LogP contribution in [-0.4, -0.2) is 37.6 Å². The van der Waals surface area contributed by atoms with Gasteiger partial charge in [-0.1, -0.05) is 22.0 Å². The summed E-state index contributed by atoms with van der Waals surface area (Å²) < 4.78 is 11.9. The molecule has 2 N–H and O–H groups in total. The molecular weight excluding hydrogens is 334 g/mol. The first-order chi connectivity index (χ1) is 10.0. The molecule has 1 aliphatic rings. The maximum atomic E-state index is 10.4. The van der Waals surface area contributed by atoms with Crippen LogP contribution < -0.4 is 10.1 Å². The fraction of sp³-hybridized carbons (Fsp3) is 0.625. The molecule has 0 bridgehead atoms. The predicted molar refractivity (Wildman–Crippen MR) is 86.7 cm³/mol. The van der Waals surface area contributed by atoms with Crippen LogP contribution in [0.5, 0.6) is 5.75 Å². The summed E-state index contributed by atoms with van der Waals surface area (Å²) in [6.07, 6.45) is 2.63. The first-order valence-electron chi connectivity index (χ1n) is 7.39. The third-order valence-electron chi connectivity index (χ3n) is 3.82. The second-order valence-corrected chi connectivity index (χ2v) is 6.76. The molecule has 2 atom stereocenters. The van der Waals surface area contributed by atoms with Gasteiger partial charge in [-0.05, 0) is 31.9 Å². The van der Waals surface area contributed by atoms with Crippen LogP contribution >= 0.6 is 15.9 Å². The van der Waals surface area contributed by atoms with Gasteiger partial charge in [0.15, 0.2) is 0 Å². The van der Waals surface area contributed by atoms with Crippen LogP contribution in [0.15, 0.2) is 22.7 Å². The minimum atomic E-state index is -0.765. The zero-order chi connectivity index (χ0) is 15.3. The highest BCUT2D eigenvalue weighted by Crippen LogP contribution is 2.33. The Morgan fingerprint density at radius 2 is 2.33 bits per heavy atom. The van der Waals surface area contributed by atoms with Crippen molar-refractivity contribution in [1.82, 2.24) is 5.32 Å². The lowest BCUT2D eigenvalue weighted by Crippen LogP contribution is -2.40. The molecular formula is C16H24BrNO3. The van der Waals surface area contributed by atoms with Crippen LogP contribution in [0.3, 0.4) is 0 Å². The summed E-state index contributed by atoms with van der Waals surface area (Å²) in [5.74, 6) is 0.927. The molecule has 0 aliphatic carbocycles. The third kappa shape index (κ3) is 4.95. The number of benzene rings is 1. The third-order valence-corrected chi connectivity index (χ3v) is 4.31. The predicted octanol–water partition coefficient (Wildman–Crippen LogP) is 3.04. The van der Waals surface area contributed by atoms with Gasteiger partial charge in [0.25, 0.3) is 0 Å². The number of hydrogen-bond acceptors (Lipinski definition) is 4. The Hall–Kier alpha value is -0.620. The van der Waals surface area contributed by atoms with Crippen molar-refractivity contribution >= 4 is 15.9 Å². The lowest BCUT2D eigenvalue weighted by atomic mass is 9.98. The van der Waals surface area contributed by atoms with Gasteiger partial charge in [0.2, 0.25) is 0 Å². The number of fused-ring (bicyclic) bond motifs is 1. The van der Waals surface area contributed by atoms with Crippen LogP contribution in [0, 0.1) is 0 Å². The molecule has 21 heavy (non-hydrogen) atoms. The van der Waals surface area contributed by atoms with Gasteiger partial charge in [-0.15, -0.1) is 0 Å². The largest absolute Gasteiger partial charge is 0.493 e. The average molecular weight is 358 g/mol. The number of hydrogen-bond donors (Lipinski definition) is 2. The first kappa shape index (κ1) is 16.7. The highest BCUT2D eigenvalue weighted by Gasteiger charge is 2.24. The van der Waals surface area contributed by atoms with E-state index in [0.717, 1.165) is 29.7 Å². The van der Waals surface area contributed by atoms with Crippen molar-refractivity contribution < 1.29 is 14.6 Å². The molecule has 0 aromatic heterocycles. The van der Waals surface area contributed by atoms with Crippen LogP contribution in [0.4, 0.5) is 0 Å². The molecule has 1 aromatic rings. The molecule has 0 saturated heterocycles. The molecule has 1 aromatic carbocycles. The Balaban J connectivity index is 2.03. The first-order valence-corrected chi connectivity index (χ1v) is 8.18. The standard InChI is InChI=1S/C16H24BrNO3/c1-16(19,7-9-20-2)11-18-14-4-3-8-21-15-10-12(17)5-6-13(14)15/h5-6,10,14,18-19H,3-4,7-9,11H2,1-2H3. The molecule has 1 heterocycles. The van der Waals surface area contributed by atoms with Crippen LogP contribution in [0.2, 0.25) is 0 Å². The van der Waals surface area contributed by atoms with Crippen molar-refractivity contribution in [3.8, 4) is 5.75 Å². The van der Waals surface area contributed by atoms with E-state index in [1.165, 1.54) is 5.56 Å². The van der Waals surface area contributed by atoms with E-state index in [2.05, 4.69) is 27.3 Å². The van der Waals surface area contributed by atoms with E-state index in [4.69, 9.17) is 9.47 Å². The molecule has 0 radical (unpaired) electrons. The maximum absolute atomic E-state index is 10.4. The Kier molecular flexibility index (Phi) is 6.05. The van der Waals surface area contributed by atoms with Crippen molar-refractivity contribution in [3.63, 3.8) is 0 Å². The number of aliphatic hydroxyl groups is 1. The van der Waals surface area contributed by atoms with Crippen LogP contribution in [0.1, 0.15) is 37.8 Å². The molecule has 5 heteroatoms. The summed E-state index contributed by atoms with van der Waals surface area (Å²) in [6, 6.07) is 6.35. The zero-order valence-electron chi connectivity index (χ0n) is 12.7. The van der Waals surface area contributed by atoms with Gasteiger partial charge in [-0.25, -0.2) is 0 Å². The molecule has 118 valence electrons. The van der Waals surface area contributed by atoms with E-state index in [1.54, 1.807) is 7.11 Å². The minimum Gasteiger partial charge on any atom is -0.493 e. The normalized spacial score (nSPS) is 21.0. The highest BCUT2D eigenvalue weighted by molar-refractivity contribution is 9.10. The van der Waals surface area contributed by atoms with Gasteiger partial charge in [-0.2, -0.15) is 0 Å². The van der Waals surface area contributed by atoms with E-state index in [-0.39, 0.29) is 6.04 Å². The van der Waals surface area contributed by atoms with Gasteiger partial charge >= 0.3 is 0 Å². The Bertz CT molecular complexity index is 465. The Labute approximate surface area is 135 Å². The van der Waals surface area contributed by atoms with Crippen LogP contribution in [-0.2, 0) is 4.74 Å². The summed E-state index contributed by atoms with van der Waals surface area (Å²) in [7, 11) is 1.65. The monoisotopic (exact) mass is 357 g/mol. The molecule has 0 saturated carbocycles. The highest BCUT2D eigenvalue weighted by atomic mass is 79.9. The maximum Gasteiger partial charge on any atom is 0.125 e. The minimum absolute atomic E-state index is 0.213. The Morgan fingerprint density at radius 1 is 1.52 bits per heavy atom. The van der Waals surface area contributed by atoms with Gasteiger partial charge in [-0.3, -0.25) is 0 Å². The fourth-order valence-corrected chi connectivity index (χ4v) is 2.85. The van der Waals surface area contributed by atoms with Crippen molar-refractivity contribution in [2.45, 2.75) is 37.8 Å². The summed E-state index contributed by atoms with van der Waals surface area (Å²) in [6.45, 7) is 3.68. The quantitative estimate of drug-likeness (QED) is 0.821. The number of halogens is 1. The summed E-state index contributed by atoms with van der Waals surface area (Å²) in [4.78, 5) is 0. The number of rotatable bonds is 6. The van der Waals surface area contributed by atoms with E-state index in [0.29, 0.717) is 19.6 Å². The lowest BCUT2D eigenvalue weighted by Gasteiger charge is -2.27. The smallest absolute Gasteiger partial charge is 0.125 e. The van der Waals surface area contributed by atoms with E-state index in [1.807, 2.05) is 19.1 Å². The second-order valence-electron chi connectivity index (χ2n) is 5.85. The lowest BCUT2D eigenvalue weighted by molar-refractivity contribution is 0.0225. The topological polar surface area (TPSA) is 50.7 Å². The van der Waals surface area contributed by atoms with Gasteiger partial charge in [0.1, 0.15) is 5.75 Å². The van der Waals surface area contributed by atoms with Crippen molar-refractivity contribution in [2.75, 3.05) is 26.9 Å². The molecule has 0 spiro atoms. The molecule has 2 unspecified atom stereocenters. The Morgan fingerprint density at radius 3 is 3.10 bits per heavy atom. The van der Waals surface area contributed by atoms with Gasteiger partial charge < -0.3 is 19.9 Å². The molecule has 2 rings (SSSR count). The van der Waals surface area contributed by atoms with E-state index < -0.39 is 5.60 Å². The second kappa shape index (κ2) is 7.58. The zero-order valence-corrected chi connectivity index (χ0v) is 14.3. The van der Waals surface area contributed by atoms with Crippen molar-refractivity contribution in [3.05, 3.63) is 28.2 Å². The molecule has 4 nitrogen and oxygen atoms in total. The van der Waals surface area contributed by atoms with E-state index >= 15 is 0 Å². The number of ether oxygens (including phenoxy) is 2.